The van der Waals surface area contributed by atoms with Crippen LogP contribution in [0.1, 0.15) is 264 Å². The van der Waals surface area contributed by atoms with E-state index in [9.17, 15) is 4.79 Å². The molecule has 0 aromatic rings. The fraction of sp³-hybridized carbons (Fsp3) is 0.894. The Kier molecular flexibility index (Phi) is 44.0. The quantitative estimate of drug-likeness (QED) is 0.0276. The van der Waals surface area contributed by atoms with Gasteiger partial charge in [0.15, 0.2) is 0 Å². The lowest BCUT2D eigenvalue weighted by atomic mass is 10.0. The van der Waals surface area contributed by atoms with Gasteiger partial charge in [-0.25, -0.2) is 4.79 Å². The first-order valence-electron chi connectivity index (χ1n) is 22.8. The molecule has 0 radical (unpaired) electrons. The van der Waals surface area contributed by atoms with Crippen LogP contribution in [0.15, 0.2) is 24.3 Å². The Morgan fingerprint density at radius 3 is 0.918 bits per heavy atom. The molecular formula is C47H90O2. The minimum absolute atomic E-state index is 0.199. The zero-order valence-corrected chi connectivity index (χ0v) is 33.9. The summed E-state index contributed by atoms with van der Waals surface area (Å²) in [5.41, 5.74) is 0. The molecule has 0 heterocycles. The monoisotopic (exact) mass is 687 g/mol. The second-order valence-corrected chi connectivity index (χ2v) is 15.5. The van der Waals surface area contributed by atoms with Crippen LogP contribution in [0.4, 0.5) is 0 Å². The summed E-state index contributed by atoms with van der Waals surface area (Å²) in [6.07, 6.45) is 62.0. The minimum atomic E-state index is -0.199. The third-order valence-electron chi connectivity index (χ3n) is 10.4. The van der Waals surface area contributed by atoms with Crippen LogP contribution in [0.25, 0.3) is 0 Å². The van der Waals surface area contributed by atoms with E-state index in [4.69, 9.17) is 4.74 Å². The minimum Gasteiger partial charge on any atom is -0.463 e. The van der Waals surface area contributed by atoms with E-state index in [1.54, 1.807) is 6.08 Å². The van der Waals surface area contributed by atoms with Gasteiger partial charge in [-0.1, -0.05) is 263 Å². The molecule has 49 heavy (non-hydrogen) atoms. The van der Waals surface area contributed by atoms with Crippen molar-refractivity contribution in [1.82, 2.24) is 0 Å². The predicted molar refractivity (Wildman–Crippen MR) is 221 cm³/mol. The predicted octanol–water partition coefficient (Wildman–Crippen LogP) is 16.9. The largest absolute Gasteiger partial charge is 0.463 e. The fourth-order valence-corrected chi connectivity index (χ4v) is 7.05. The number of hydrogen-bond acceptors (Lipinski definition) is 2. The van der Waals surface area contributed by atoms with Crippen molar-refractivity contribution in [3.8, 4) is 0 Å². The Labute approximate surface area is 309 Å². The second-order valence-electron chi connectivity index (χ2n) is 15.5. The molecule has 0 unspecified atom stereocenters. The molecule has 0 aromatic carbocycles. The molecule has 0 aliphatic heterocycles. The molecular weight excluding hydrogens is 597 g/mol. The fourth-order valence-electron chi connectivity index (χ4n) is 7.05. The van der Waals surface area contributed by atoms with Crippen LogP contribution in [0.3, 0.4) is 0 Å². The number of hydrogen-bond donors (Lipinski definition) is 0. The number of esters is 1. The van der Waals surface area contributed by atoms with Gasteiger partial charge in [0.1, 0.15) is 0 Å². The number of carbonyl (C=O) groups is 1. The molecule has 2 heteroatoms. The van der Waals surface area contributed by atoms with E-state index in [2.05, 4.69) is 19.9 Å². The van der Waals surface area contributed by atoms with Crippen LogP contribution in [-0.4, -0.2) is 12.6 Å². The summed E-state index contributed by atoms with van der Waals surface area (Å²) in [7, 11) is 0. The Bertz CT molecular complexity index is 665. The summed E-state index contributed by atoms with van der Waals surface area (Å²) >= 11 is 0. The topological polar surface area (TPSA) is 26.3 Å². The van der Waals surface area contributed by atoms with Crippen molar-refractivity contribution in [3.63, 3.8) is 0 Å². The molecule has 0 aliphatic rings. The van der Waals surface area contributed by atoms with Crippen molar-refractivity contribution in [2.24, 2.45) is 0 Å². The summed E-state index contributed by atoms with van der Waals surface area (Å²) in [4.78, 5) is 11.9. The van der Waals surface area contributed by atoms with E-state index in [0.717, 1.165) is 12.8 Å². The van der Waals surface area contributed by atoms with Gasteiger partial charge < -0.3 is 4.74 Å². The Morgan fingerprint density at radius 1 is 0.347 bits per heavy atom. The first-order valence-corrected chi connectivity index (χ1v) is 22.8. The van der Waals surface area contributed by atoms with Crippen LogP contribution in [0.2, 0.25) is 0 Å². The van der Waals surface area contributed by atoms with E-state index < -0.39 is 0 Å². The molecule has 0 saturated carbocycles. The van der Waals surface area contributed by atoms with Gasteiger partial charge in [0.05, 0.1) is 6.61 Å². The molecule has 0 bridgehead atoms. The number of unbranched alkanes of at least 4 members (excludes halogenated alkanes) is 37. The second kappa shape index (κ2) is 45.0. The number of rotatable bonds is 42. The molecule has 0 amide bonds. The highest BCUT2D eigenvalue weighted by Crippen LogP contribution is 2.16. The molecule has 0 atom stereocenters. The highest BCUT2D eigenvalue weighted by molar-refractivity contribution is 5.82. The van der Waals surface area contributed by atoms with E-state index in [-0.39, 0.29) is 5.97 Å². The summed E-state index contributed by atoms with van der Waals surface area (Å²) in [5, 5.41) is 0. The van der Waals surface area contributed by atoms with Gasteiger partial charge in [0.25, 0.3) is 0 Å². The number of ether oxygens (including phenoxy) is 1. The number of allylic oxidation sites excluding steroid dienone is 3. The maximum absolute atomic E-state index is 11.9. The van der Waals surface area contributed by atoms with Crippen molar-refractivity contribution in [1.29, 1.82) is 0 Å². The van der Waals surface area contributed by atoms with Gasteiger partial charge in [-0.05, 0) is 19.3 Å². The smallest absolute Gasteiger partial charge is 0.330 e. The lowest BCUT2D eigenvalue weighted by Crippen LogP contribution is -2.02. The average Bonchev–Trinajstić information content (AvgIpc) is 3.11. The maximum Gasteiger partial charge on any atom is 0.330 e. The van der Waals surface area contributed by atoms with Crippen LogP contribution in [0.5, 0.6) is 0 Å². The lowest BCUT2D eigenvalue weighted by molar-refractivity contribution is -0.137. The van der Waals surface area contributed by atoms with E-state index in [1.165, 1.54) is 238 Å². The van der Waals surface area contributed by atoms with Crippen LogP contribution in [-0.2, 0) is 9.53 Å². The van der Waals surface area contributed by atoms with Gasteiger partial charge in [-0.2, -0.15) is 0 Å². The van der Waals surface area contributed by atoms with Gasteiger partial charge >= 0.3 is 5.97 Å². The van der Waals surface area contributed by atoms with Crippen LogP contribution < -0.4 is 0 Å². The maximum atomic E-state index is 11.9. The van der Waals surface area contributed by atoms with Crippen molar-refractivity contribution >= 4 is 5.97 Å². The zero-order chi connectivity index (χ0) is 35.4. The first kappa shape index (κ1) is 48.0. The molecule has 0 spiro atoms. The highest BCUT2D eigenvalue weighted by atomic mass is 16.5. The van der Waals surface area contributed by atoms with E-state index in [0.29, 0.717) is 6.61 Å². The molecule has 0 fully saturated rings. The molecule has 0 saturated heterocycles. The van der Waals surface area contributed by atoms with E-state index in [1.807, 2.05) is 12.2 Å². The lowest BCUT2D eigenvalue weighted by Gasteiger charge is -2.04. The van der Waals surface area contributed by atoms with Crippen molar-refractivity contribution in [2.45, 2.75) is 264 Å². The van der Waals surface area contributed by atoms with Crippen molar-refractivity contribution in [3.05, 3.63) is 24.3 Å². The van der Waals surface area contributed by atoms with Gasteiger partial charge in [-0.3, -0.25) is 0 Å². The highest BCUT2D eigenvalue weighted by Gasteiger charge is 1.99. The molecule has 2 nitrogen and oxygen atoms in total. The molecule has 290 valence electrons. The Hall–Kier alpha value is -1.05. The van der Waals surface area contributed by atoms with Crippen molar-refractivity contribution in [2.75, 3.05) is 6.61 Å². The third-order valence-corrected chi connectivity index (χ3v) is 10.4. The first-order chi connectivity index (χ1) is 24.3. The van der Waals surface area contributed by atoms with Gasteiger partial charge in [0, 0.05) is 6.08 Å². The number of carbonyl (C=O) groups excluding carboxylic acids is 1. The molecule has 0 aliphatic carbocycles. The Balaban J connectivity index is 3.23. The van der Waals surface area contributed by atoms with Gasteiger partial charge in [0.2, 0.25) is 0 Å². The summed E-state index contributed by atoms with van der Waals surface area (Å²) in [6, 6.07) is 0. The molecule has 0 N–H and O–H groups in total. The van der Waals surface area contributed by atoms with Crippen LogP contribution in [0, 0.1) is 0 Å². The van der Waals surface area contributed by atoms with E-state index >= 15 is 0 Å². The third kappa shape index (κ3) is 44.9. The standard InChI is InChI=1S/C47H90O2/c1-3-5-7-9-11-13-15-17-19-21-22-23-24-25-26-27-28-30-32-34-36-38-40-42-44-46-49-47(48)45-43-41-39-37-35-33-31-29-20-18-16-14-12-10-8-6-4-2/h39,41,43,45H,3-38,40,42,44,46H2,1-2H3. The van der Waals surface area contributed by atoms with Crippen LogP contribution >= 0.6 is 0 Å². The average molecular weight is 687 g/mol. The van der Waals surface area contributed by atoms with Crippen molar-refractivity contribution < 1.29 is 9.53 Å². The normalized spacial score (nSPS) is 11.8. The Morgan fingerprint density at radius 2 is 0.612 bits per heavy atom. The SMILES string of the molecule is CCCCCCCCCCCCCCCC=CC=CC(=O)OCCCCCCCCCCCCCCCCCCCCCCCCCCC. The zero-order valence-electron chi connectivity index (χ0n) is 33.9. The van der Waals surface area contributed by atoms with Gasteiger partial charge in [-0.15, -0.1) is 0 Å². The summed E-state index contributed by atoms with van der Waals surface area (Å²) < 4.78 is 5.36. The summed E-state index contributed by atoms with van der Waals surface area (Å²) in [5.74, 6) is -0.199. The molecule has 0 rings (SSSR count). The molecule has 0 aromatic heterocycles. The summed E-state index contributed by atoms with van der Waals surface area (Å²) in [6.45, 7) is 5.15.